The van der Waals surface area contributed by atoms with Gasteiger partial charge >= 0.3 is 5.97 Å². The van der Waals surface area contributed by atoms with Gasteiger partial charge in [-0.05, 0) is 26.0 Å². The monoisotopic (exact) mass is 212 g/mol. The van der Waals surface area contributed by atoms with E-state index in [-0.39, 0.29) is 11.7 Å². The molecule has 82 valence electrons. The van der Waals surface area contributed by atoms with Crippen molar-refractivity contribution in [2.75, 3.05) is 11.1 Å². The number of anilines is 2. The highest BCUT2D eigenvalue weighted by molar-refractivity contribution is 5.97. The van der Waals surface area contributed by atoms with Crippen molar-refractivity contribution in [2.45, 2.75) is 19.9 Å². The highest BCUT2D eigenvalue weighted by Gasteiger charge is 2.17. The molecular weight excluding hydrogens is 199 g/mol. The number of rotatable bonds is 3. The van der Waals surface area contributed by atoms with Gasteiger partial charge in [-0.3, -0.25) is 0 Å². The number of nitrogen functional groups attached to an aromatic ring is 1. The zero-order chi connectivity index (χ0) is 11.6. The number of halogens is 1. The Balaban J connectivity index is 3.22. The zero-order valence-corrected chi connectivity index (χ0v) is 8.54. The van der Waals surface area contributed by atoms with Gasteiger partial charge in [0.2, 0.25) is 0 Å². The lowest BCUT2D eigenvalue weighted by Gasteiger charge is -2.14. The van der Waals surface area contributed by atoms with E-state index in [1.165, 1.54) is 6.07 Å². The molecule has 0 spiro atoms. The van der Waals surface area contributed by atoms with Gasteiger partial charge in [-0.25, -0.2) is 9.18 Å². The molecule has 1 rings (SSSR count). The van der Waals surface area contributed by atoms with Gasteiger partial charge in [-0.1, -0.05) is 0 Å². The highest BCUT2D eigenvalue weighted by Crippen LogP contribution is 2.25. The maximum atomic E-state index is 13.1. The Kier molecular flexibility index (Phi) is 3.14. The van der Waals surface area contributed by atoms with E-state index in [2.05, 4.69) is 5.32 Å². The first-order valence-electron chi connectivity index (χ1n) is 4.51. The van der Waals surface area contributed by atoms with Gasteiger partial charge in [-0.15, -0.1) is 0 Å². The summed E-state index contributed by atoms with van der Waals surface area (Å²) in [6, 6.07) is 2.61. The van der Waals surface area contributed by atoms with Crippen LogP contribution < -0.4 is 11.1 Å². The maximum Gasteiger partial charge on any atom is 0.340 e. The van der Waals surface area contributed by atoms with Crippen LogP contribution in [0.5, 0.6) is 0 Å². The van der Waals surface area contributed by atoms with Crippen molar-refractivity contribution in [2.24, 2.45) is 0 Å². The van der Waals surface area contributed by atoms with Crippen LogP contribution in [0.3, 0.4) is 0 Å². The van der Waals surface area contributed by atoms with Gasteiger partial charge in [0, 0.05) is 6.04 Å². The van der Waals surface area contributed by atoms with Crippen LogP contribution in [0.25, 0.3) is 0 Å². The Hall–Kier alpha value is -1.78. The summed E-state index contributed by atoms with van der Waals surface area (Å²) >= 11 is 0. The molecule has 0 fully saturated rings. The van der Waals surface area contributed by atoms with Gasteiger partial charge in [0.05, 0.1) is 11.4 Å². The summed E-state index contributed by atoms with van der Waals surface area (Å²) in [5.41, 5.74) is 5.43. The molecule has 0 aliphatic rings. The van der Waals surface area contributed by atoms with Gasteiger partial charge in [0.1, 0.15) is 11.4 Å². The van der Waals surface area contributed by atoms with Crippen LogP contribution in [0.4, 0.5) is 15.8 Å². The number of hydrogen-bond donors (Lipinski definition) is 3. The zero-order valence-electron chi connectivity index (χ0n) is 8.54. The molecule has 0 radical (unpaired) electrons. The minimum Gasteiger partial charge on any atom is -0.478 e. The third-order valence-electron chi connectivity index (χ3n) is 1.85. The molecule has 1 aromatic carbocycles. The lowest BCUT2D eigenvalue weighted by atomic mass is 10.1. The van der Waals surface area contributed by atoms with E-state index in [1.54, 1.807) is 0 Å². The largest absolute Gasteiger partial charge is 0.478 e. The average Bonchev–Trinajstić information content (AvgIpc) is 2.09. The molecule has 0 saturated carbocycles. The Morgan fingerprint density at radius 1 is 1.53 bits per heavy atom. The number of carboxylic acids is 1. The molecule has 4 nitrogen and oxygen atoms in total. The Morgan fingerprint density at radius 3 is 2.60 bits per heavy atom. The summed E-state index contributed by atoms with van der Waals surface area (Å²) in [6.45, 7) is 3.76. The third-order valence-corrected chi connectivity index (χ3v) is 1.85. The number of aromatic carboxylic acids is 1. The molecule has 0 unspecified atom stereocenters. The quantitative estimate of drug-likeness (QED) is 0.669. The molecule has 0 atom stereocenters. The van der Waals surface area contributed by atoms with Crippen molar-refractivity contribution in [3.8, 4) is 0 Å². The minimum atomic E-state index is -1.36. The van der Waals surface area contributed by atoms with Crippen molar-refractivity contribution in [3.63, 3.8) is 0 Å². The fourth-order valence-electron chi connectivity index (χ4n) is 1.25. The molecular formula is C10H13FN2O2. The average molecular weight is 212 g/mol. The van der Waals surface area contributed by atoms with Crippen LogP contribution in [-0.4, -0.2) is 17.1 Å². The van der Waals surface area contributed by atoms with Crippen LogP contribution in [0, 0.1) is 5.82 Å². The third kappa shape index (κ3) is 2.37. The van der Waals surface area contributed by atoms with E-state index in [0.29, 0.717) is 5.69 Å². The lowest BCUT2D eigenvalue weighted by molar-refractivity contribution is 0.0693. The Bertz CT molecular complexity index is 391. The predicted molar refractivity (Wildman–Crippen MR) is 56.5 cm³/mol. The molecule has 1 aromatic rings. The molecule has 0 amide bonds. The van der Waals surface area contributed by atoms with Gasteiger partial charge in [-0.2, -0.15) is 0 Å². The van der Waals surface area contributed by atoms with Crippen molar-refractivity contribution < 1.29 is 14.3 Å². The van der Waals surface area contributed by atoms with Gasteiger partial charge in [0.15, 0.2) is 0 Å². The number of nitrogens with one attached hydrogen (secondary N) is 1. The molecule has 0 aromatic heterocycles. The van der Waals surface area contributed by atoms with Crippen molar-refractivity contribution in [1.29, 1.82) is 0 Å². The lowest BCUT2D eigenvalue weighted by Crippen LogP contribution is -2.14. The number of nitrogens with two attached hydrogens (primary N) is 1. The molecule has 0 aliphatic heterocycles. The van der Waals surface area contributed by atoms with E-state index in [0.717, 1.165) is 6.07 Å². The predicted octanol–water partition coefficient (Wildman–Crippen LogP) is 1.93. The van der Waals surface area contributed by atoms with Gasteiger partial charge < -0.3 is 16.2 Å². The smallest absolute Gasteiger partial charge is 0.340 e. The number of benzene rings is 1. The Labute approximate surface area is 86.9 Å². The van der Waals surface area contributed by atoms with Crippen molar-refractivity contribution in [1.82, 2.24) is 0 Å². The SMILES string of the molecule is CC(C)Nc1ccc(F)c(C(=O)O)c1N. The van der Waals surface area contributed by atoms with Crippen LogP contribution in [-0.2, 0) is 0 Å². The maximum absolute atomic E-state index is 13.1. The first-order chi connectivity index (χ1) is 6.93. The summed E-state index contributed by atoms with van der Waals surface area (Å²) in [6.07, 6.45) is 0. The number of hydrogen-bond acceptors (Lipinski definition) is 3. The summed E-state index contributed by atoms with van der Waals surface area (Å²) in [5, 5.41) is 11.7. The topological polar surface area (TPSA) is 75.3 Å². The fraction of sp³-hybridized carbons (Fsp3) is 0.300. The number of carbonyl (C=O) groups is 1. The van der Waals surface area contributed by atoms with E-state index >= 15 is 0 Å². The standard InChI is InChI=1S/C10H13FN2O2/c1-5(2)13-7-4-3-6(11)8(9(7)12)10(14)15/h3-5,13H,12H2,1-2H3,(H,14,15). The van der Waals surface area contributed by atoms with Crippen LogP contribution >= 0.6 is 0 Å². The molecule has 0 saturated heterocycles. The molecule has 0 bridgehead atoms. The van der Waals surface area contributed by atoms with E-state index in [1.807, 2.05) is 13.8 Å². The second-order valence-corrected chi connectivity index (χ2v) is 3.49. The second kappa shape index (κ2) is 4.16. The summed E-state index contributed by atoms with van der Waals surface area (Å²) < 4.78 is 13.1. The molecule has 5 heteroatoms. The Morgan fingerprint density at radius 2 is 2.13 bits per heavy atom. The van der Waals surface area contributed by atoms with Gasteiger partial charge in [0.25, 0.3) is 0 Å². The highest BCUT2D eigenvalue weighted by atomic mass is 19.1. The van der Waals surface area contributed by atoms with E-state index < -0.39 is 17.3 Å². The van der Waals surface area contributed by atoms with E-state index in [9.17, 15) is 9.18 Å². The molecule has 4 N–H and O–H groups in total. The first-order valence-corrected chi connectivity index (χ1v) is 4.51. The van der Waals surface area contributed by atoms with Crippen molar-refractivity contribution >= 4 is 17.3 Å². The second-order valence-electron chi connectivity index (χ2n) is 3.49. The summed E-state index contributed by atoms with van der Waals surface area (Å²) in [7, 11) is 0. The summed E-state index contributed by atoms with van der Waals surface area (Å²) in [5.74, 6) is -2.19. The first kappa shape index (κ1) is 11.3. The van der Waals surface area contributed by atoms with Crippen LogP contribution in [0.1, 0.15) is 24.2 Å². The van der Waals surface area contributed by atoms with Crippen molar-refractivity contribution in [3.05, 3.63) is 23.5 Å². The molecule has 0 heterocycles. The fourth-order valence-corrected chi connectivity index (χ4v) is 1.25. The van der Waals surface area contributed by atoms with Crippen LogP contribution in [0.15, 0.2) is 12.1 Å². The van der Waals surface area contributed by atoms with Crippen LogP contribution in [0.2, 0.25) is 0 Å². The normalized spacial score (nSPS) is 10.4. The molecule has 15 heavy (non-hydrogen) atoms. The minimum absolute atomic E-state index is 0.0730. The number of carboxylic acid groups (broad SMARTS) is 1. The summed E-state index contributed by atoms with van der Waals surface area (Å²) in [4.78, 5) is 10.7. The van der Waals surface area contributed by atoms with E-state index in [4.69, 9.17) is 10.8 Å². The molecule has 0 aliphatic carbocycles.